The van der Waals surface area contributed by atoms with E-state index in [1.54, 1.807) is 6.07 Å². The zero-order chi connectivity index (χ0) is 9.59. The Morgan fingerprint density at radius 2 is 1.92 bits per heavy atom. The summed E-state index contributed by atoms with van der Waals surface area (Å²) >= 11 is 0. The lowest BCUT2D eigenvalue weighted by Crippen LogP contribution is -1.89. The molecular formula is C11H12FN. The highest BCUT2D eigenvalue weighted by molar-refractivity contribution is 5.85. The van der Waals surface area contributed by atoms with Crippen LogP contribution in [-0.2, 0) is 7.05 Å². The number of halogens is 1. The van der Waals surface area contributed by atoms with Gasteiger partial charge in [0.25, 0.3) is 0 Å². The van der Waals surface area contributed by atoms with Crippen molar-refractivity contribution in [3.05, 3.63) is 35.3 Å². The maximum Gasteiger partial charge on any atom is 0.123 e. The van der Waals surface area contributed by atoms with E-state index in [9.17, 15) is 4.39 Å². The molecular weight excluding hydrogens is 165 g/mol. The second-order valence-corrected chi connectivity index (χ2v) is 3.43. The molecule has 2 aromatic rings. The molecule has 2 rings (SSSR count). The van der Waals surface area contributed by atoms with Crippen molar-refractivity contribution in [2.24, 2.45) is 7.05 Å². The van der Waals surface area contributed by atoms with Crippen LogP contribution in [0.25, 0.3) is 10.9 Å². The first-order valence-corrected chi connectivity index (χ1v) is 4.32. The first-order chi connectivity index (χ1) is 6.11. The van der Waals surface area contributed by atoms with E-state index in [1.807, 2.05) is 27.0 Å². The van der Waals surface area contributed by atoms with E-state index in [0.29, 0.717) is 0 Å². The number of aryl methyl sites for hydroxylation is 2. The van der Waals surface area contributed by atoms with Crippen LogP contribution in [0.2, 0.25) is 0 Å². The molecule has 13 heavy (non-hydrogen) atoms. The van der Waals surface area contributed by atoms with Gasteiger partial charge in [-0.3, -0.25) is 0 Å². The maximum atomic E-state index is 12.9. The zero-order valence-electron chi connectivity index (χ0n) is 8.06. The van der Waals surface area contributed by atoms with Gasteiger partial charge in [-0.05, 0) is 37.6 Å². The number of aromatic nitrogens is 1. The van der Waals surface area contributed by atoms with E-state index < -0.39 is 0 Å². The number of hydrogen-bond acceptors (Lipinski definition) is 0. The SMILES string of the molecule is Cc1c(C)n(C)c2ccc(F)cc12. The van der Waals surface area contributed by atoms with Crippen molar-refractivity contribution in [1.29, 1.82) is 0 Å². The van der Waals surface area contributed by atoms with Crippen molar-refractivity contribution in [1.82, 2.24) is 4.57 Å². The van der Waals surface area contributed by atoms with Gasteiger partial charge in [0.05, 0.1) is 0 Å². The molecule has 0 aliphatic heterocycles. The molecule has 0 N–H and O–H groups in total. The van der Waals surface area contributed by atoms with Gasteiger partial charge in [-0.2, -0.15) is 0 Å². The molecule has 0 unspecified atom stereocenters. The van der Waals surface area contributed by atoms with E-state index in [4.69, 9.17) is 0 Å². The molecule has 68 valence electrons. The van der Waals surface area contributed by atoms with Gasteiger partial charge in [-0.25, -0.2) is 4.39 Å². The Morgan fingerprint density at radius 1 is 1.23 bits per heavy atom. The highest BCUT2D eigenvalue weighted by Gasteiger charge is 2.07. The van der Waals surface area contributed by atoms with Gasteiger partial charge in [0.2, 0.25) is 0 Å². The fraction of sp³-hybridized carbons (Fsp3) is 0.273. The Bertz CT molecular complexity index is 468. The standard InChI is InChI=1S/C11H12FN/c1-7-8(2)13(3)11-5-4-9(12)6-10(7)11/h4-6H,1-3H3. The van der Waals surface area contributed by atoms with Gasteiger partial charge in [-0.15, -0.1) is 0 Å². The van der Waals surface area contributed by atoms with Crippen molar-refractivity contribution in [2.45, 2.75) is 13.8 Å². The molecule has 0 saturated carbocycles. The van der Waals surface area contributed by atoms with Gasteiger partial charge in [0, 0.05) is 23.6 Å². The Labute approximate surface area is 76.8 Å². The number of nitrogens with zero attached hydrogens (tertiary/aromatic N) is 1. The molecule has 1 aromatic heterocycles. The summed E-state index contributed by atoms with van der Waals surface area (Å²) in [6, 6.07) is 4.92. The number of fused-ring (bicyclic) bond motifs is 1. The summed E-state index contributed by atoms with van der Waals surface area (Å²) in [6.07, 6.45) is 0. The molecule has 2 heteroatoms. The molecule has 0 bridgehead atoms. The van der Waals surface area contributed by atoms with Crippen LogP contribution in [0.15, 0.2) is 18.2 Å². The largest absolute Gasteiger partial charge is 0.348 e. The summed E-state index contributed by atoms with van der Waals surface area (Å²) in [5.74, 6) is -0.166. The van der Waals surface area contributed by atoms with Gasteiger partial charge in [0.15, 0.2) is 0 Å². The van der Waals surface area contributed by atoms with E-state index in [0.717, 1.165) is 16.5 Å². The Balaban J connectivity index is 2.95. The molecule has 0 spiro atoms. The normalized spacial score (nSPS) is 11.1. The van der Waals surface area contributed by atoms with Crippen molar-refractivity contribution >= 4 is 10.9 Å². The quantitative estimate of drug-likeness (QED) is 0.583. The predicted molar refractivity (Wildman–Crippen MR) is 52.4 cm³/mol. The van der Waals surface area contributed by atoms with Crippen molar-refractivity contribution in [3.63, 3.8) is 0 Å². The summed E-state index contributed by atoms with van der Waals surface area (Å²) < 4.78 is 15.0. The van der Waals surface area contributed by atoms with Gasteiger partial charge >= 0.3 is 0 Å². The summed E-state index contributed by atoms with van der Waals surface area (Å²) in [5.41, 5.74) is 3.45. The van der Waals surface area contributed by atoms with E-state index >= 15 is 0 Å². The van der Waals surface area contributed by atoms with Crippen LogP contribution in [0.5, 0.6) is 0 Å². The molecule has 1 nitrogen and oxygen atoms in total. The number of hydrogen-bond donors (Lipinski definition) is 0. The second-order valence-electron chi connectivity index (χ2n) is 3.43. The van der Waals surface area contributed by atoms with Crippen molar-refractivity contribution in [2.75, 3.05) is 0 Å². The molecule has 0 radical (unpaired) electrons. The van der Waals surface area contributed by atoms with Crippen LogP contribution in [0.4, 0.5) is 4.39 Å². The highest BCUT2D eigenvalue weighted by atomic mass is 19.1. The molecule has 1 aromatic carbocycles. The fourth-order valence-corrected chi connectivity index (χ4v) is 1.73. The van der Waals surface area contributed by atoms with Crippen LogP contribution in [-0.4, -0.2) is 4.57 Å². The molecule has 0 aliphatic rings. The average molecular weight is 177 g/mol. The average Bonchev–Trinajstić information content (AvgIpc) is 2.32. The van der Waals surface area contributed by atoms with Gasteiger partial charge in [-0.1, -0.05) is 0 Å². The van der Waals surface area contributed by atoms with Gasteiger partial charge < -0.3 is 4.57 Å². The highest BCUT2D eigenvalue weighted by Crippen LogP contribution is 2.24. The fourth-order valence-electron chi connectivity index (χ4n) is 1.73. The third-order valence-electron chi connectivity index (χ3n) is 2.77. The predicted octanol–water partition coefficient (Wildman–Crippen LogP) is 2.93. The lowest BCUT2D eigenvalue weighted by atomic mass is 10.1. The first kappa shape index (κ1) is 8.30. The summed E-state index contributed by atoms with van der Waals surface area (Å²) in [6.45, 7) is 4.07. The van der Waals surface area contributed by atoms with Crippen LogP contribution >= 0.6 is 0 Å². The van der Waals surface area contributed by atoms with Crippen LogP contribution in [0.3, 0.4) is 0 Å². The lowest BCUT2D eigenvalue weighted by molar-refractivity contribution is 0.629. The minimum atomic E-state index is -0.166. The summed E-state index contributed by atoms with van der Waals surface area (Å²) in [5, 5.41) is 1.01. The van der Waals surface area contributed by atoms with Crippen molar-refractivity contribution < 1.29 is 4.39 Å². The maximum absolute atomic E-state index is 12.9. The Morgan fingerprint density at radius 3 is 2.62 bits per heavy atom. The molecule has 0 saturated heterocycles. The third kappa shape index (κ3) is 1.05. The molecule has 0 amide bonds. The summed E-state index contributed by atoms with van der Waals surface area (Å²) in [4.78, 5) is 0. The molecule has 1 heterocycles. The van der Waals surface area contributed by atoms with E-state index in [1.165, 1.54) is 11.8 Å². The molecule has 0 fully saturated rings. The first-order valence-electron chi connectivity index (χ1n) is 4.32. The van der Waals surface area contributed by atoms with Crippen LogP contribution in [0.1, 0.15) is 11.3 Å². The monoisotopic (exact) mass is 177 g/mol. The number of benzene rings is 1. The minimum Gasteiger partial charge on any atom is -0.348 e. The smallest absolute Gasteiger partial charge is 0.123 e. The van der Waals surface area contributed by atoms with Crippen LogP contribution in [0, 0.1) is 19.7 Å². The Hall–Kier alpha value is -1.31. The lowest BCUT2D eigenvalue weighted by Gasteiger charge is -1.97. The zero-order valence-corrected chi connectivity index (χ0v) is 8.06. The number of rotatable bonds is 0. The topological polar surface area (TPSA) is 4.93 Å². The second kappa shape index (κ2) is 2.59. The van der Waals surface area contributed by atoms with Crippen LogP contribution < -0.4 is 0 Å². The van der Waals surface area contributed by atoms with E-state index in [-0.39, 0.29) is 5.82 Å². The molecule has 0 atom stereocenters. The van der Waals surface area contributed by atoms with Gasteiger partial charge in [0.1, 0.15) is 5.82 Å². The van der Waals surface area contributed by atoms with Crippen molar-refractivity contribution in [3.8, 4) is 0 Å². The summed E-state index contributed by atoms with van der Waals surface area (Å²) in [7, 11) is 2.00. The minimum absolute atomic E-state index is 0.166. The molecule has 0 aliphatic carbocycles. The Kier molecular flexibility index (Phi) is 1.65. The van der Waals surface area contributed by atoms with E-state index in [2.05, 4.69) is 4.57 Å². The third-order valence-corrected chi connectivity index (χ3v) is 2.77.